The van der Waals surface area contributed by atoms with E-state index in [0.29, 0.717) is 13.0 Å². The minimum atomic E-state index is -0.103. The monoisotopic (exact) mass is 264 g/mol. The van der Waals surface area contributed by atoms with Gasteiger partial charge in [-0.2, -0.15) is 24.4 Å². The van der Waals surface area contributed by atoms with Gasteiger partial charge in [-0.05, 0) is 30.8 Å². The molecule has 1 rings (SSSR count). The summed E-state index contributed by atoms with van der Waals surface area (Å²) in [6, 6.07) is 0. The second-order valence-electron chi connectivity index (χ2n) is 3.76. The fraction of sp³-hybridized carbons (Fsp3) is 0.909. The van der Waals surface area contributed by atoms with Gasteiger partial charge in [-0.25, -0.2) is 0 Å². The van der Waals surface area contributed by atoms with E-state index < -0.39 is 0 Å². The third-order valence-electron chi connectivity index (χ3n) is 2.35. The maximum Gasteiger partial charge on any atom is 0.306 e. The Balaban J connectivity index is 1.90. The summed E-state index contributed by atoms with van der Waals surface area (Å²) in [6.07, 6.45) is 3.84. The first kappa shape index (κ1) is 14.2. The molecule has 1 unspecified atom stereocenters. The molecule has 94 valence electrons. The molecule has 0 N–H and O–H groups in total. The summed E-state index contributed by atoms with van der Waals surface area (Å²) in [7, 11) is 0. The number of esters is 1. The quantitative estimate of drug-likeness (QED) is 0.414. The smallest absolute Gasteiger partial charge is 0.306 e. The summed E-state index contributed by atoms with van der Waals surface area (Å²) in [6.45, 7) is 1.24. The zero-order chi connectivity index (χ0) is 11.6. The summed E-state index contributed by atoms with van der Waals surface area (Å²) in [5, 5.41) is 0. The molecule has 0 amide bonds. The van der Waals surface area contributed by atoms with Crippen LogP contribution in [0.4, 0.5) is 0 Å². The molecule has 0 saturated carbocycles. The Morgan fingerprint density at radius 1 is 1.50 bits per heavy atom. The average molecular weight is 264 g/mol. The molecule has 5 heteroatoms. The third-order valence-corrected chi connectivity index (χ3v) is 3.74. The lowest BCUT2D eigenvalue weighted by molar-refractivity contribution is -0.146. The van der Waals surface area contributed by atoms with E-state index in [1.165, 1.54) is 0 Å². The molecule has 1 heterocycles. The fourth-order valence-electron chi connectivity index (χ4n) is 1.46. The van der Waals surface area contributed by atoms with Crippen LogP contribution in [-0.4, -0.2) is 42.5 Å². The normalized spacial score (nSPS) is 19.9. The van der Waals surface area contributed by atoms with E-state index in [0.717, 1.165) is 43.1 Å². The van der Waals surface area contributed by atoms with Gasteiger partial charge in [0.25, 0.3) is 0 Å². The van der Waals surface area contributed by atoms with Gasteiger partial charge >= 0.3 is 5.97 Å². The van der Waals surface area contributed by atoms with Gasteiger partial charge in [0, 0.05) is 12.4 Å². The maximum absolute atomic E-state index is 11.3. The van der Waals surface area contributed by atoms with Crippen LogP contribution in [0.25, 0.3) is 0 Å². The van der Waals surface area contributed by atoms with Crippen LogP contribution in [0.15, 0.2) is 0 Å². The summed E-state index contributed by atoms with van der Waals surface area (Å²) in [4.78, 5) is 11.3. The van der Waals surface area contributed by atoms with Crippen molar-refractivity contribution in [1.82, 2.24) is 0 Å². The zero-order valence-corrected chi connectivity index (χ0v) is 11.2. The van der Waals surface area contributed by atoms with Crippen LogP contribution in [-0.2, 0) is 14.3 Å². The highest BCUT2D eigenvalue weighted by atomic mass is 32.2. The van der Waals surface area contributed by atoms with Gasteiger partial charge in [0.15, 0.2) is 0 Å². The van der Waals surface area contributed by atoms with Crippen molar-refractivity contribution in [3.63, 3.8) is 0 Å². The number of hydrogen-bond acceptors (Lipinski definition) is 5. The number of thioether (sulfide) groups is 1. The molecule has 0 aromatic carbocycles. The van der Waals surface area contributed by atoms with Crippen molar-refractivity contribution in [2.24, 2.45) is 0 Å². The van der Waals surface area contributed by atoms with Crippen molar-refractivity contribution in [3.8, 4) is 0 Å². The van der Waals surface area contributed by atoms with E-state index in [9.17, 15) is 4.79 Å². The standard InChI is InChI=1S/C11H20O3S2/c12-11(4-8-16-7-2-6-15)14-9-10-3-1-5-13-10/h10,15H,1-9H2. The molecule has 0 spiro atoms. The number of ether oxygens (including phenoxy) is 2. The van der Waals surface area contributed by atoms with E-state index in [1.54, 1.807) is 11.8 Å². The maximum atomic E-state index is 11.3. The highest BCUT2D eigenvalue weighted by Gasteiger charge is 2.17. The summed E-state index contributed by atoms with van der Waals surface area (Å²) in [5.74, 6) is 2.73. The Kier molecular flexibility index (Phi) is 8.15. The summed E-state index contributed by atoms with van der Waals surface area (Å²) in [5.41, 5.74) is 0. The first-order chi connectivity index (χ1) is 7.83. The van der Waals surface area contributed by atoms with Crippen LogP contribution in [0, 0.1) is 0 Å². The average Bonchev–Trinajstić information content (AvgIpc) is 2.79. The molecular weight excluding hydrogens is 244 g/mol. The first-order valence-corrected chi connectivity index (χ1v) is 7.57. The van der Waals surface area contributed by atoms with Gasteiger partial charge in [-0.15, -0.1) is 0 Å². The number of carbonyl (C=O) groups excluding carboxylic acids is 1. The van der Waals surface area contributed by atoms with Gasteiger partial charge in [0.05, 0.1) is 12.5 Å². The van der Waals surface area contributed by atoms with Crippen molar-refractivity contribution in [3.05, 3.63) is 0 Å². The summed E-state index contributed by atoms with van der Waals surface area (Å²) >= 11 is 5.91. The third kappa shape index (κ3) is 6.66. The van der Waals surface area contributed by atoms with Crippen LogP contribution < -0.4 is 0 Å². The zero-order valence-electron chi connectivity index (χ0n) is 9.52. The molecule has 16 heavy (non-hydrogen) atoms. The van der Waals surface area contributed by atoms with Crippen molar-refractivity contribution in [1.29, 1.82) is 0 Å². The number of carbonyl (C=O) groups is 1. The Morgan fingerprint density at radius 3 is 3.06 bits per heavy atom. The van der Waals surface area contributed by atoms with Crippen LogP contribution in [0.2, 0.25) is 0 Å². The predicted octanol–water partition coefficient (Wildman–Crippen LogP) is 2.15. The predicted molar refractivity (Wildman–Crippen MR) is 70.3 cm³/mol. The van der Waals surface area contributed by atoms with Gasteiger partial charge in [-0.3, -0.25) is 4.79 Å². The fourth-order valence-corrected chi connectivity index (χ4v) is 2.69. The van der Waals surface area contributed by atoms with E-state index >= 15 is 0 Å². The van der Waals surface area contributed by atoms with Gasteiger partial charge < -0.3 is 9.47 Å². The Bertz CT molecular complexity index is 194. The number of thiol groups is 1. The first-order valence-electron chi connectivity index (χ1n) is 5.78. The molecule has 1 saturated heterocycles. The summed E-state index contributed by atoms with van der Waals surface area (Å²) < 4.78 is 10.5. The molecule has 0 radical (unpaired) electrons. The second-order valence-corrected chi connectivity index (χ2v) is 5.43. The SMILES string of the molecule is O=C(CCSCCCS)OCC1CCCO1. The Labute approximate surface area is 107 Å². The molecule has 1 aliphatic heterocycles. The van der Waals surface area contributed by atoms with E-state index in [1.807, 2.05) is 0 Å². The van der Waals surface area contributed by atoms with Gasteiger partial charge in [-0.1, -0.05) is 0 Å². The number of rotatable bonds is 8. The molecule has 0 aromatic rings. The van der Waals surface area contributed by atoms with Crippen molar-refractivity contribution in [2.75, 3.05) is 30.5 Å². The van der Waals surface area contributed by atoms with E-state index in [2.05, 4.69) is 12.6 Å². The number of hydrogen-bond donors (Lipinski definition) is 1. The highest BCUT2D eigenvalue weighted by Crippen LogP contribution is 2.12. The van der Waals surface area contributed by atoms with Crippen LogP contribution in [0.5, 0.6) is 0 Å². The largest absolute Gasteiger partial charge is 0.463 e. The Hall–Kier alpha value is 0.130. The minimum Gasteiger partial charge on any atom is -0.463 e. The van der Waals surface area contributed by atoms with Gasteiger partial charge in [0.1, 0.15) is 6.61 Å². The second kappa shape index (κ2) is 9.19. The van der Waals surface area contributed by atoms with Crippen molar-refractivity contribution >= 4 is 30.4 Å². The van der Waals surface area contributed by atoms with Gasteiger partial charge in [0.2, 0.25) is 0 Å². The minimum absolute atomic E-state index is 0.103. The molecule has 3 nitrogen and oxygen atoms in total. The molecule has 0 bridgehead atoms. The lowest BCUT2D eigenvalue weighted by Crippen LogP contribution is -2.18. The molecule has 1 atom stereocenters. The van der Waals surface area contributed by atoms with Crippen LogP contribution >= 0.6 is 24.4 Å². The van der Waals surface area contributed by atoms with Crippen molar-refractivity contribution in [2.45, 2.75) is 31.8 Å². The Morgan fingerprint density at radius 2 is 2.38 bits per heavy atom. The van der Waals surface area contributed by atoms with E-state index in [4.69, 9.17) is 9.47 Å². The lowest BCUT2D eigenvalue weighted by atomic mass is 10.2. The van der Waals surface area contributed by atoms with Crippen molar-refractivity contribution < 1.29 is 14.3 Å². The molecule has 1 aliphatic rings. The topological polar surface area (TPSA) is 35.5 Å². The molecule has 1 fully saturated rings. The lowest BCUT2D eigenvalue weighted by Gasteiger charge is -2.09. The van der Waals surface area contributed by atoms with Crippen LogP contribution in [0.1, 0.15) is 25.7 Å². The molecular formula is C11H20O3S2. The molecule has 0 aromatic heterocycles. The van der Waals surface area contributed by atoms with Crippen LogP contribution in [0.3, 0.4) is 0 Å². The van der Waals surface area contributed by atoms with E-state index in [-0.39, 0.29) is 12.1 Å². The molecule has 0 aliphatic carbocycles. The highest BCUT2D eigenvalue weighted by molar-refractivity contribution is 7.99.